The van der Waals surface area contributed by atoms with E-state index in [1.807, 2.05) is 0 Å². The fourth-order valence-corrected chi connectivity index (χ4v) is 9.80. The van der Waals surface area contributed by atoms with Crippen molar-refractivity contribution in [3.05, 3.63) is 0 Å². The molecule has 0 aromatic carbocycles. The summed E-state index contributed by atoms with van der Waals surface area (Å²) in [6, 6.07) is 0. The van der Waals surface area contributed by atoms with Crippen LogP contribution in [0.25, 0.3) is 0 Å². The van der Waals surface area contributed by atoms with E-state index < -0.39 is 87.9 Å². The molecular weight excluding hydrogens is 1610 g/mol. The summed E-state index contributed by atoms with van der Waals surface area (Å²) in [7, 11) is 24.6. The van der Waals surface area contributed by atoms with Crippen LogP contribution in [-0.4, -0.2) is 382 Å². The van der Waals surface area contributed by atoms with Crippen LogP contribution in [0, 0.1) is 0 Å². The fraction of sp³-hybridized carbons (Fsp3) is 1.00. The van der Waals surface area contributed by atoms with Crippen molar-refractivity contribution in [2.75, 3.05) is 242 Å². The van der Waals surface area contributed by atoms with Gasteiger partial charge in [0.2, 0.25) is 0 Å². The minimum atomic E-state index is -5.88. The van der Waals surface area contributed by atoms with Gasteiger partial charge in [-0.15, -0.1) is 0 Å². The van der Waals surface area contributed by atoms with Gasteiger partial charge in [-0.1, -0.05) is 0 Å². The van der Waals surface area contributed by atoms with Crippen molar-refractivity contribution in [1.82, 2.24) is 0 Å². The second-order valence-electron chi connectivity index (χ2n) is 23.7. The van der Waals surface area contributed by atoms with E-state index in [1.54, 1.807) is 42.7 Å². The molecule has 6 saturated heterocycles. The number of nitrogens with zero attached hydrogens (tertiary/aromatic N) is 6. The summed E-state index contributed by atoms with van der Waals surface area (Å²) >= 11 is -35.2. The molecule has 0 aromatic rings. The molecule has 0 aromatic heterocycles. The molecule has 0 bridgehead atoms. The van der Waals surface area contributed by atoms with E-state index in [1.165, 1.54) is 222 Å². The van der Waals surface area contributed by atoms with Gasteiger partial charge in [-0.3, -0.25) is 0 Å². The number of likely N-dealkylation sites (tertiary alicyclic amines) is 6. The van der Waals surface area contributed by atoms with Gasteiger partial charge in [-0.05, 0) is 0 Å². The molecule has 6 aliphatic rings. The quantitative estimate of drug-likeness (QED) is 0.0423. The first-order valence-corrected chi connectivity index (χ1v) is 47.4. The molecule has 6 unspecified atom stereocenters. The summed E-state index contributed by atoms with van der Waals surface area (Å²) < 4.78 is 244. The van der Waals surface area contributed by atoms with Gasteiger partial charge in [-0.25, -0.2) is 0 Å². The molecule has 0 aliphatic carbocycles. The normalized spacial score (nSPS) is 22.7. The molecule has 42 heteroatoms. The van der Waals surface area contributed by atoms with Crippen LogP contribution in [0.5, 0.6) is 0 Å². The standard InChI is InChI=1S/6C8H18NO.6AsFH2O3/c6*1-9(7-8-10-2)5-3-4-6-9;6*2-1(3,4)5/h6*3-8H2,1-2H3;6*(H2,3,4,5)/q6*+1;;;;;;/p-6. The van der Waals surface area contributed by atoms with Crippen molar-refractivity contribution in [2.45, 2.75) is 77.0 Å². The van der Waals surface area contributed by atoms with Crippen LogP contribution in [0.4, 0.5) is 20.8 Å². The van der Waals surface area contributed by atoms with Crippen molar-refractivity contribution >= 4 is 87.9 Å². The van der Waals surface area contributed by atoms with Gasteiger partial charge in [0.1, 0.15) is 39.3 Å². The van der Waals surface area contributed by atoms with Gasteiger partial charge in [0, 0.05) is 120 Å². The summed E-state index contributed by atoms with van der Waals surface area (Å²) in [6.45, 7) is 28.8. The zero-order chi connectivity index (χ0) is 71.7. The molecule has 6 fully saturated rings. The minimum absolute atomic E-state index is 0.913. The molecule has 552 valence electrons. The Bertz CT molecular complexity index is 1600. The molecule has 0 spiro atoms. The van der Waals surface area contributed by atoms with Crippen molar-refractivity contribution in [2.24, 2.45) is 0 Å². The first kappa shape index (κ1) is 102. The summed E-state index contributed by atoms with van der Waals surface area (Å²) in [5, 5.41) is 0. The molecule has 0 radical (unpaired) electrons. The van der Waals surface area contributed by atoms with Crippen molar-refractivity contribution in [3.8, 4) is 0 Å². The van der Waals surface area contributed by atoms with Gasteiger partial charge < -0.3 is 55.3 Å². The SMILES string of the molecule is COCC[N+]1(C)CCCC1.COCC[N+]1(C)CCCC1.COCC[N+]1(C)CCCC1.COCC[N+]1(C)CCCC1.COCC[N+]1(C)CCCC1.COCC[N+]1(C)CCCC1.O=[As]([O-])(O)F.O=[As]([O-])(O)F.O=[As]([O-])(O)F.O=[As]([O-])(O)F.O=[As]([O-])(O)F.O=[As]([O-])(O)F. The monoisotopic (exact) mass is 1720 g/mol. The Morgan fingerprint density at radius 1 is 0.256 bits per heavy atom. The number of methoxy groups -OCH3 is 6. The molecule has 6 N–H and O–H groups in total. The third kappa shape index (κ3) is 95.2. The summed E-state index contributed by atoms with van der Waals surface area (Å²) in [5.74, 6) is 0. The molecule has 0 saturated carbocycles. The van der Waals surface area contributed by atoms with Crippen LogP contribution < -0.4 is 24.6 Å². The first-order chi connectivity index (χ1) is 40.6. The summed E-state index contributed by atoms with van der Waals surface area (Å²) in [4.78, 5) is 0. The second kappa shape index (κ2) is 53.7. The van der Waals surface area contributed by atoms with Gasteiger partial charge in [-0.2, -0.15) is 0 Å². The van der Waals surface area contributed by atoms with E-state index in [2.05, 4.69) is 42.3 Å². The number of hydrogen-bond donors (Lipinski definition) is 6. The molecule has 30 nitrogen and oxygen atoms in total. The van der Waals surface area contributed by atoms with E-state index in [9.17, 15) is 20.8 Å². The number of ether oxygens (including phenoxy) is 6. The average Bonchev–Trinajstić information content (AvgIpc) is 4.20. The topological polar surface area (TPSA) is 418 Å². The first-order valence-electron chi connectivity index (χ1n) is 29.0. The predicted molar refractivity (Wildman–Crippen MR) is 310 cm³/mol. The van der Waals surface area contributed by atoms with Crippen LogP contribution in [-0.2, 0) is 50.9 Å². The fourth-order valence-electron chi connectivity index (χ4n) is 9.80. The van der Waals surface area contributed by atoms with Crippen molar-refractivity contribution in [1.29, 1.82) is 0 Å². The Balaban J connectivity index is -0.000000217. The third-order valence-electron chi connectivity index (χ3n) is 14.9. The van der Waals surface area contributed by atoms with Crippen LogP contribution >= 0.6 is 0 Å². The molecule has 6 aliphatic heterocycles. The van der Waals surface area contributed by atoms with Crippen LogP contribution in [0.15, 0.2) is 0 Å². The summed E-state index contributed by atoms with van der Waals surface area (Å²) in [6.07, 6.45) is 16.8. The number of hydrogen-bond acceptors (Lipinski definition) is 18. The zero-order valence-electron chi connectivity index (χ0n) is 55.1. The molecule has 6 atom stereocenters. The Morgan fingerprint density at radius 3 is 0.378 bits per heavy atom. The van der Waals surface area contributed by atoms with E-state index >= 15 is 0 Å². The van der Waals surface area contributed by atoms with Gasteiger partial charge in [0.05, 0.1) is 160 Å². The number of quaternary nitrogens is 6. The van der Waals surface area contributed by atoms with E-state index in [0.29, 0.717) is 0 Å². The summed E-state index contributed by atoms with van der Waals surface area (Å²) in [5.41, 5.74) is 0. The van der Waals surface area contributed by atoms with E-state index in [-0.39, 0.29) is 0 Å². The van der Waals surface area contributed by atoms with Gasteiger partial charge in [0.15, 0.2) is 0 Å². The zero-order valence-corrected chi connectivity index (χ0v) is 66.4. The predicted octanol–water partition coefficient (Wildman–Crippen LogP) is -5.71. The maximum atomic E-state index is 10.3. The third-order valence-corrected chi connectivity index (χ3v) is 14.9. The van der Waals surface area contributed by atoms with Gasteiger partial charge >= 0.3 is 180 Å². The molecule has 0 amide bonds. The Hall–Kier alpha value is 0.771. The van der Waals surface area contributed by atoms with Gasteiger partial charge in [0.25, 0.3) is 0 Å². The Kier molecular flexibility index (Phi) is 60.7. The number of rotatable bonds is 18. The molecular formula is C48H114As6F6N6O24. The Morgan fingerprint density at radius 2 is 0.322 bits per heavy atom. The second-order valence-corrected chi connectivity index (χ2v) is 35.0. The van der Waals surface area contributed by atoms with Crippen molar-refractivity contribution < 1.29 is 148 Å². The Labute approximate surface area is 551 Å². The number of halogens is 6. The van der Waals surface area contributed by atoms with E-state index in [4.69, 9.17) is 100 Å². The maximum absolute atomic E-state index is 10.3. The number of likely N-dealkylation sites (N-methyl/N-ethyl adjacent to an activating group) is 6. The average molecular weight is 1720 g/mol. The van der Waals surface area contributed by atoms with Crippen LogP contribution in [0.3, 0.4) is 0 Å². The molecule has 6 heterocycles. The van der Waals surface area contributed by atoms with Crippen LogP contribution in [0.1, 0.15) is 77.0 Å². The van der Waals surface area contributed by atoms with Crippen molar-refractivity contribution in [3.63, 3.8) is 0 Å². The van der Waals surface area contributed by atoms with Crippen LogP contribution in [0.2, 0.25) is 0 Å². The molecule has 6 rings (SSSR count). The molecule has 90 heavy (non-hydrogen) atoms. The van der Waals surface area contributed by atoms with E-state index in [0.717, 1.165) is 39.6 Å².